The Bertz CT molecular complexity index is 711. The van der Waals surface area contributed by atoms with E-state index in [4.69, 9.17) is 9.47 Å². The molecule has 0 amide bonds. The van der Waals surface area contributed by atoms with Crippen LogP contribution in [0, 0.1) is 6.92 Å². The molecule has 114 valence electrons. The van der Waals surface area contributed by atoms with E-state index in [9.17, 15) is 8.42 Å². The number of H-pyrrole nitrogens is 1. The lowest BCUT2D eigenvalue weighted by Crippen LogP contribution is -2.24. The molecule has 0 aliphatic heterocycles. The lowest BCUT2D eigenvalue weighted by atomic mass is 10.2. The van der Waals surface area contributed by atoms with E-state index in [0.717, 1.165) is 0 Å². The van der Waals surface area contributed by atoms with Crippen LogP contribution in [0.15, 0.2) is 29.4 Å². The number of aromatic nitrogens is 2. The zero-order valence-electron chi connectivity index (χ0n) is 12.0. The van der Waals surface area contributed by atoms with Gasteiger partial charge in [-0.1, -0.05) is 0 Å². The predicted octanol–water partition coefficient (Wildman–Crippen LogP) is 1.21. The first-order valence-corrected chi connectivity index (χ1v) is 7.67. The second-order valence-corrected chi connectivity index (χ2v) is 6.07. The van der Waals surface area contributed by atoms with Gasteiger partial charge in [0.1, 0.15) is 5.82 Å². The number of benzene rings is 1. The molecule has 7 nitrogen and oxygen atoms in total. The molecule has 0 saturated heterocycles. The number of imidazole rings is 1. The van der Waals surface area contributed by atoms with Gasteiger partial charge in [0.15, 0.2) is 11.5 Å². The molecular weight excluding hydrogens is 294 g/mol. The van der Waals surface area contributed by atoms with Gasteiger partial charge in [-0.05, 0) is 18.6 Å². The fourth-order valence-corrected chi connectivity index (χ4v) is 3.11. The van der Waals surface area contributed by atoms with Gasteiger partial charge in [0, 0.05) is 18.5 Å². The highest BCUT2D eigenvalue weighted by molar-refractivity contribution is 7.89. The second-order valence-electron chi connectivity index (χ2n) is 4.33. The van der Waals surface area contributed by atoms with Crippen molar-refractivity contribution in [3.05, 3.63) is 35.9 Å². The van der Waals surface area contributed by atoms with Crippen LogP contribution < -0.4 is 14.2 Å². The van der Waals surface area contributed by atoms with E-state index in [-0.39, 0.29) is 11.4 Å². The Morgan fingerprint density at radius 2 is 1.90 bits per heavy atom. The number of nitrogens with zero attached hydrogens (tertiary/aromatic N) is 1. The molecular formula is C13H17N3O4S. The lowest BCUT2D eigenvalue weighted by Gasteiger charge is -2.13. The number of rotatable bonds is 6. The Morgan fingerprint density at radius 1 is 1.24 bits per heavy atom. The van der Waals surface area contributed by atoms with Gasteiger partial charge in [-0.15, -0.1) is 0 Å². The molecule has 1 aromatic carbocycles. The largest absolute Gasteiger partial charge is 0.493 e. The maximum absolute atomic E-state index is 12.4. The second kappa shape index (κ2) is 6.15. The zero-order chi connectivity index (χ0) is 15.5. The van der Waals surface area contributed by atoms with Gasteiger partial charge in [0.2, 0.25) is 10.0 Å². The summed E-state index contributed by atoms with van der Waals surface area (Å²) in [6.07, 6.45) is 3.19. The molecule has 0 atom stereocenters. The Morgan fingerprint density at radius 3 is 2.48 bits per heavy atom. The molecule has 0 unspecified atom stereocenters. The van der Waals surface area contributed by atoms with Crippen molar-refractivity contribution in [1.29, 1.82) is 0 Å². The summed E-state index contributed by atoms with van der Waals surface area (Å²) < 4.78 is 37.5. The summed E-state index contributed by atoms with van der Waals surface area (Å²) in [4.78, 5) is 6.95. The summed E-state index contributed by atoms with van der Waals surface area (Å²) in [6, 6.07) is 3.07. The van der Waals surface area contributed by atoms with Crippen LogP contribution >= 0.6 is 0 Å². The number of aromatic amines is 1. The van der Waals surface area contributed by atoms with Crippen LogP contribution in [0.5, 0.6) is 11.5 Å². The normalized spacial score (nSPS) is 11.4. The fourth-order valence-electron chi connectivity index (χ4n) is 1.89. The Hall–Kier alpha value is -2.06. The van der Waals surface area contributed by atoms with E-state index in [1.807, 2.05) is 0 Å². The number of nitrogens with one attached hydrogen (secondary N) is 2. The number of ether oxygens (including phenoxy) is 2. The first-order chi connectivity index (χ1) is 9.97. The van der Waals surface area contributed by atoms with Crippen LogP contribution in [-0.2, 0) is 16.6 Å². The number of methoxy groups -OCH3 is 2. The molecule has 0 aliphatic carbocycles. The molecule has 2 aromatic rings. The highest BCUT2D eigenvalue weighted by atomic mass is 32.2. The molecule has 21 heavy (non-hydrogen) atoms. The van der Waals surface area contributed by atoms with Crippen molar-refractivity contribution in [2.45, 2.75) is 18.4 Å². The van der Waals surface area contributed by atoms with Crippen molar-refractivity contribution < 1.29 is 17.9 Å². The lowest BCUT2D eigenvalue weighted by molar-refractivity contribution is 0.353. The van der Waals surface area contributed by atoms with Crippen molar-refractivity contribution in [2.24, 2.45) is 0 Å². The van der Waals surface area contributed by atoms with Crippen molar-refractivity contribution in [2.75, 3.05) is 14.2 Å². The summed E-state index contributed by atoms with van der Waals surface area (Å²) >= 11 is 0. The van der Waals surface area contributed by atoms with Gasteiger partial charge in [0.05, 0.1) is 25.7 Å². The number of hydrogen-bond acceptors (Lipinski definition) is 5. The average molecular weight is 311 g/mol. The van der Waals surface area contributed by atoms with Crippen LogP contribution in [0.1, 0.15) is 11.4 Å². The third-order valence-electron chi connectivity index (χ3n) is 2.96. The molecule has 0 radical (unpaired) electrons. The predicted molar refractivity (Wildman–Crippen MR) is 76.9 cm³/mol. The summed E-state index contributed by atoms with van der Waals surface area (Å²) in [5.41, 5.74) is 0.569. The van der Waals surface area contributed by atoms with Crippen molar-refractivity contribution in [3.8, 4) is 11.5 Å². The first kappa shape index (κ1) is 15.3. The van der Waals surface area contributed by atoms with Gasteiger partial charge in [-0.2, -0.15) is 0 Å². The molecule has 0 spiro atoms. The molecule has 0 bridgehead atoms. The Kier molecular flexibility index (Phi) is 4.49. The minimum atomic E-state index is -3.67. The fraction of sp³-hybridized carbons (Fsp3) is 0.308. The molecule has 8 heteroatoms. The van der Waals surface area contributed by atoms with Crippen LogP contribution in [0.25, 0.3) is 0 Å². The van der Waals surface area contributed by atoms with Crippen molar-refractivity contribution in [3.63, 3.8) is 0 Å². The van der Waals surface area contributed by atoms with Gasteiger partial charge in [-0.3, -0.25) is 0 Å². The van der Waals surface area contributed by atoms with Gasteiger partial charge >= 0.3 is 0 Å². The van der Waals surface area contributed by atoms with Gasteiger partial charge in [0.25, 0.3) is 0 Å². The van der Waals surface area contributed by atoms with E-state index in [0.29, 0.717) is 22.9 Å². The first-order valence-electron chi connectivity index (χ1n) is 6.18. The van der Waals surface area contributed by atoms with E-state index in [1.165, 1.54) is 20.3 Å². The Labute approximate surface area is 123 Å². The van der Waals surface area contributed by atoms with Gasteiger partial charge in [-0.25, -0.2) is 18.1 Å². The molecule has 1 aromatic heterocycles. The van der Waals surface area contributed by atoms with Gasteiger partial charge < -0.3 is 14.5 Å². The maximum atomic E-state index is 12.4. The monoisotopic (exact) mass is 311 g/mol. The molecule has 0 fully saturated rings. The summed E-state index contributed by atoms with van der Waals surface area (Å²) in [5.74, 6) is 1.39. The van der Waals surface area contributed by atoms with Crippen LogP contribution in [0.2, 0.25) is 0 Å². The molecule has 2 rings (SSSR count). The minimum absolute atomic E-state index is 0.0864. The number of aryl methyl sites for hydroxylation is 1. The van der Waals surface area contributed by atoms with Crippen molar-refractivity contribution in [1.82, 2.24) is 14.7 Å². The highest BCUT2D eigenvalue weighted by Crippen LogP contribution is 2.32. The minimum Gasteiger partial charge on any atom is -0.493 e. The Balaban J connectivity index is 2.31. The number of hydrogen-bond donors (Lipinski definition) is 2. The summed E-state index contributed by atoms with van der Waals surface area (Å²) in [7, 11) is -0.711. The molecule has 0 aliphatic rings. The molecule has 2 N–H and O–H groups in total. The molecule has 1 heterocycles. The third-order valence-corrected chi connectivity index (χ3v) is 4.50. The van der Waals surface area contributed by atoms with Crippen LogP contribution in [0.3, 0.4) is 0 Å². The third kappa shape index (κ3) is 3.34. The molecule has 0 saturated carbocycles. The van der Waals surface area contributed by atoms with E-state index in [2.05, 4.69) is 14.7 Å². The van der Waals surface area contributed by atoms with E-state index in [1.54, 1.807) is 25.4 Å². The summed E-state index contributed by atoms with van der Waals surface area (Å²) in [5, 5.41) is 0. The van der Waals surface area contributed by atoms with Crippen LogP contribution in [0.4, 0.5) is 0 Å². The standard InChI is InChI=1S/C13H17N3O4S/c1-9-6-10(19-2)11(20-3)7-12(9)21(17,18)16-8-13-14-4-5-15-13/h4-7,16H,8H2,1-3H3,(H,14,15). The number of sulfonamides is 1. The topological polar surface area (TPSA) is 93.3 Å². The van der Waals surface area contributed by atoms with E-state index >= 15 is 0 Å². The highest BCUT2D eigenvalue weighted by Gasteiger charge is 2.20. The quantitative estimate of drug-likeness (QED) is 0.836. The van der Waals surface area contributed by atoms with Crippen molar-refractivity contribution >= 4 is 10.0 Å². The SMILES string of the molecule is COc1cc(C)c(S(=O)(=O)NCc2ncc[nH]2)cc1OC. The average Bonchev–Trinajstić information content (AvgIpc) is 2.98. The summed E-state index contributed by atoms with van der Waals surface area (Å²) in [6.45, 7) is 1.78. The smallest absolute Gasteiger partial charge is 0.241 e. The van der Waals surface area contributed by atoms with E-state index < -0.39 is 10.0 Å². The zero-order valence-corrected chi connectivity index (χ0v) is 12.8. The van der Waals surface area contributed by atoms with Crippen LogP contribution in [-0.4, -0.2) is 32.6 Å². The maximum Gasteiger partial charge on any atom is 0.241 e.